The average Bonchev–Trinajstić information content (AvgIpc) is 3.12. The van der Waals surface area contributed by atoms with Crippen LogP contribution in [0.15, 0.2) is 47.6 Å². The number of hydrogen-bond acceptors (Lipinski definition) is 8. The highest BCUT2D eigenvalue weighted by Gasteiger charge is 2.26. The van der Waals surface area contributed by atoms with Gasteiger partial charge in [-0.05, 0) is 63.6 Å². The number of esters is 1. The molecule has 11 heteroatoms. The van der Waals surface area contributed by atoms with E-state index < -0.39 is 22.8 Å². The fraction of sp³-hybridized carbons (Fsp3) is 0.250. The lowest BCUT2D eigenvalue weighted by Crippen LogP contribution is -2.28. The minimum absolute atomic E-state index is 0.122. The molecule has 0 aliphatic rings. The van der Waals surface area contributed by atoms with Crippen molar-refractivity contribution < 1.29 is 24.0 Å². The van der Waals surface area contributed by atoms with E-state index in [9.17, 15) is 19.7 Å². The third-order valence-corrected chi connectivity index (χ3v) is 5.25. The fourth-order valence-corrected chi connectivity index (χ4v) is 3.45. The largest absolute Gasteiger partial charge is 0.493 e. The highest BCUT2D eigenvalue weighted by atomic mass is 16.6. The molecule has 0 fully saturated rings. The van der Waals surface area contributed by atoms with Crippen molar-refractivity contribution in [3.8, 4) is 11.5 Å². The first-order chi connectivity index (χ1) is 16.6. The molecule has 0 spiro atoms. The van der Waals surface area contributed by atoms with Crippen LogP contribution in [0.25, 0.3) is 0 Å². The Morgan fingerprint density at radius 3 is 2.54 bits per heavy atom. The predicted molar refractivity (Wildman–Crippen MR) is 128 cm³/mol. The molecule has 3 aromatic rings. The molecule has 3 rings (SSSR count). The maximum Gasteiger partial charge on any atom is 0.343 e. The summed E-state index contributed by atoms with van der Waals surface area (Å²) in [5.41, 5.74) is 4.71. The number of nitrogens with zero attached hydrogens (tertiary/aromatic N) is 4. The van der Waals surface area contributed by atoms with Crippen molar-refractivity contribution in [2.45, 2.75) is 33.7 Å². The van der Waals surface area contributed by atoms with Crippen LogP contribution in [0.3, 0.4) is 0 Å². The summed E-state index contributed by atoms with van der Waals surface area (Å²) in [5.74, 6) is -0.471. The lowest BCUT2D eigenvalue weighted by molar-refractivity contribution is -0.386. The smallest absolute Gasteiger partial charge is 0.343 e. The molecule has 1 heterocycles. The highest BCUT2D eigenvalue weighted by Crippen LogP contribution is 2.28. The number of benzene rings is 2. The Morgan fingerprint density at radius 2 is 1.91 bits per heavy atom. The van der Waals surface area contributed by atoms with Gasteiger partial charge in [-0.15, -0.1) is 0 Å². The summed E-state index contributed by atoms with van der Waals surface area (Å²) in [6.07, 6.45) is 1.39. The van der Waals surface area contributed by atoms with Crippen molar-refractivity contribution in [1.82, 2.24) is 15.2 Å². The molecule has 0 bridgehead atoms. The van der Waals surface area contributed by atoms with E-state index in [2.05, 4.69) is 15.6 Å². The van der Waals surface area contributed by atoms with Crippen molar-refractivity contribution in [3.63, 3.8) is 0 Å². The monoisotopic (exact) mass is 479 g/mol. The van der Waals surface area contributed by atoms with Gasteiger partial charge in [0.2, 0.25) is 0 Å². The van der Waals surface area contributed by atoms with Crippen molar-refractivity contribution in [2.24, 2.45) is 5.10 Å². The third-order valence-electron chi connectivity index (χ3n) is 5.25. The Bertz CT molecular complexity index is 1310. The van der Waals surface area contributed by atoms with Crippen molar-refractivity contribution in [3.05, 3.63) is 80.7 Å². The topological polar surface area (TPSA) is 138 Å². The summed E-state index contributed by atoms with van der Waals surface area (Å²) < 4.78 is 12.1. The van der Waals surface area contributed by atoms with E-state index in [0.29, 0.717) is 16.9 Å². The van der Waals surface area contributed by atoms with Crippen LogP contribution >= 0.6 is 0 Å². The van der Waals surface area contributed by atoms with Crippen LogP contribution in [0.4, 0.5) is 5.69 Å². The molecular weight excluding hydrogens is 454 g/mol. The molecule has 11 nitrogen and oxygen atoms in total. The summed E-state index contributed by atoms with van der Waals surface area (Å²) in [7, 11) is 1.44. The zero-order chi connectivity index (χ0) is 25.7. The molecule has 1 N–H and O–H groups in total. The van der Waals surface area contributed by atoms with Gasteiger partial charge in [-0.2, -0.15) is 10.2 Å². The number of aryl methyl sites for hydroxylation is 2. The predicted octanol–water partition coefficient (Wildman–Crippen LogP) is 3.66. The molecule has 1 amide bonds. The van der Waals surface area contributed by atoms with Gasteiger partial charge in [0.15, 0.2) is 11.5 Å². The molecule has 0 radical (unpaired) electrons. The van der Waals surface area contributed by atoms with Crippen LogP contribution in [0, 0.1) is 30.9 Å². The van der Waals surface area contributed by atoms with Crippen LogP contribution in [-0.2, 0) is 4.79 Å². The van der Waals surface area contributed by atoms with Gasteiger partial charge in [0, 0.05) is 0 Å². The van der Waals surface area contributed by atoms with Crippen LogP contribution in [-0.4, -0.2) is 39.9 Å². The molecule has 1 unspecified atom stereocenters. The Balaban J connectivity index is 1.68. The number of nitro groups is 1. The maximum absolute atomic E-state index is 12.5. The van der Waals surface area contributed by atoms with E-state index in [1.807, 2.05) is 13.0 Å². The number of nitrogens with one attached hydrogen (secondary N) is 1. The normalized spacial score (nSPS) is 11.8. The van der Waals surface area contributed by atoms with Crippen LogP contribution in [0.1, 0.15) is 45.8 Å². The molecule has 1 atom stereocenters. The van der Waals surface area contributed by atoms with E-state index >= 15 is 0 Å². The van der Waals surface area contributed by atoms with E-state index in [1.54, 1.807) is 43.3 Å². The first-order valence-electron chi connectivity index (χ1n) is 10.6. The standard InChI is InChI=1S/C24H25N5O6/c1-14-7-6-8-19(11-14)24(31)35-20-10-9-18(12-21(20)34-5)13-25-26-23(30)17(4)28-16(3)22(29(32)33)15(2)27-28/h6-13,17H,1-5H3,(H,26,30)/b25-13+. The third kappa shape index (κ3) is 5.69. The van der Waals surface area contributed by atoms with Crippen molar-refractivity contribution in [2.75, 3.05) is 7.11 Å². The first kappa shape index (κ1) is 25.1. The lowest BCUT2D eigenvalue weighted by atomic mass is 10.1. The van der Waals surface area contributed by atoms with Crippen LogP contribution in [0.5, 0.6) is 11.5 Å². The van der Waals surface area contributed by atoms with Crippen LogP contribution < -0.4 is 14.9 Å². The fourth-order valence-electron chi connectivity index (χ4n) is 3.45. The van der Waals surface area contributed by atoms with Crippen molar-refractivity contribution in [1.29, 1.82) is 0 Å². The van der Waals surface area contributed by atoms with Gasteiger partial charge in [0.1, 0.15) is 17.4 Å². The zero-order valence-corrected chi connectivity index (χ0v) is 19.9. The number of rotatable bonds is 8. The number of carbonyl (C=O) groups excluding carboxylic acids is 2. The number of hydrogen-bond donors (Lipinski definition) is 1. The van der Waals surface area contributed by atoms with E-state index in [1.165, 1.54) is 31.9 Å². The Kier molecular flexibility index (Phi) is 7.59. The Labute approximate surface area is 201 Å². The molecule has 0 saturated carbocycles. The van der Waals surface area contributed by atoms with Gasteiger partial charge < -0.3 is 9.47 Å². The number of carbonyl (C=O) groups is 2. The zero-order valence-electron chi connectivity index (χ0n) is 19.9. The number of ether oxygens (including phenoxy) is 2. The van der Waals surface area contributed by atoms with E-state index in [0.717, 1.165) is 5.56 Å². The molecule has 2 aromatic carbocycles. The van der Waals surface area contributed by atoms with Gasteiger partial charge in [-0.1, -0.05) is 17.7 Å². The molecular formula is C24H25N5O6. The molecule has 35 heavy (non-hydrogen) atoms. The molecule has 0 saturated heterocycles. The Hall–Kier alpha value is -4.54. The van der Waals surface area contributed by atoms with Gasteiger partial charge in [-0.3, -0.25) is 19.6 Å². The molecule has 182 valence electrons. The summed E-state index contributed by atoms with van der Waals surface area (Å²) in [4.78, 5) is 35.6. The summed E-state index contributed by atoms with van der Waals surface area (Å²) >= 11 is 0. The van der Waals surface area contributed by atoms with E-state index in [4.69, 9.17) is 9.47 Å². The Morgan fingerprint density at radius 1 is 1.17 bits per heavy atom. The summed E-state index contributed by atoms with van der Waals surface area (Å²) in [5, 5.41) is 19.2. The van der Waals surface area contributed by atoms with Crippen molar-refractivity contribution >= 4 is 23.8 Å². The quantitative estimate of drug-likeness (QED) is 0.171. The van der Waals surface area contributed by atoms with Gasteiger partial charge in [0.05, 0.1) is 23.8 Å². The molecule has 0 aliphatic heterocycles. The second kappa shape index (κ2) is 10.6. The molecule has 0 aliphatic carbocycles. The SMILES string of the molecule is COc1cc(/C=N/NC(=O)C(C)n2nc(C)c([N+](=O)[O-])c2C)ccc1OC(=O)c1cccc(C)c1. The minimum atomic E-state index is -0.822. The second-order valence-corrected chi connectivity index (χ2v) is 7.80. The minimum Gasteiger partial charge on any atom is -0.493 e. The van der Waals surface area contributed by atoms with Gasteiger partial charge >= 0.3 is 11.7 Å². The van der Waals surface area contributed by atoms with E-state index in [-0.39, 0.29) is 22.8 Å². The number of hydrazone groups is 1. The maximum atomic E-state index is 12.5. The average molecular weight is 479 g/mol. The second-order valence-electron chi connectivity index (χ2n) is 7.80. The van der Waals surface area contributed by atoms with Crippen LogP contribution in [0.2, 0.25) is 0 Å². The first-order valence-corrected chi connectivity index (χ1v) is 10.6. The number of amides is 1. The van der Waals surface area contributed by atoms with Gasteiger partial charge in [0.25, 0.3) is 5.91 Å². The summed E-state index contributed by atoms with van der Waals surface area (Å²) in [6.45, 7) is 6.49. The highest BCUT2D eigenvalue weighted by molar-refractivity contribution is 5.92. The number of methoxy groups -OCH3 is 1. The lowest BCUT2D eigenvalue weighted by Gasteiger charge is -2.12. The molecule has 1 aromatic heterocycles. The number of aromatic nitrogens is 2. The summed E-state index contributed by atoms with van der Waals surface area (Å²) in [6, 6.07) is 11.0. The van der Waals surface area contributed by atoms with Gasteiger partial charge in [-0.25, -0.2) is 10.2 Å².